The zero-order valence-electron chi connectivity index (χ0n) is 7.56. The Morgan fingerprint density at radius 1 is 1.43 bits per heavy atom. The minimum Gasteiger partial charge on any atom is -0.464 e. The summed E-state index contributed by atoms with van der Waals surface area (Å²) in [7, 11) is 1.23. The van der Waals surface area contributed by atoms with Crippen LogP contribution in [0.3, 0.4) is 0 Å². The molecule has 14 heavy (non-hydrogen) atoms. The lowest BCUT2D eigenvalue weighted by Gasteiger charge is -2.00. The number of Topliss-reactive ketones (excluding diaryl/α,β-unsaturated/α-hetero) is 1. The molecule has 0 saturated heterocycles. The molecule has 0 aromatic carbocycles. The van der Waals surface area contributed by atoms with Crippen molar-refractivity contribution in [2.24, 2.45) is 0 Å². The summed E-state index contributed by atoms with van der Waals surface area (Å²) in [5, 5.41) is 8.57. The van der Waals surface area contributed by atoms with Crippen molar-refractivity contribution in [1.29, 1.82) is 0 Å². The number of rotatable bonds is 3. The van der Waals surface area contributed by atoms with E-state index >= 15 is 0 Å². The number of nitrogens with zero attached hydrogens (tertiary/aromatic N) is 1. The molecule has 0 aliphatic carbocycles. The van der Waals surface area contributed by atoms with Crippen LogP contribution in [0.5, 0.6) is 0 Å². The molecule has 0 spiro atoms. The molecule has 1 N–H and O–H groups in total. The number of hydrogen-bond acceptors (Lipinski definition) is 5. The highest BCUT2D eigenvalue weighted by atomic mass is 16.5. The number of aromatic nitrogens is 1. The van der Waals surface area contributed by atoms with E-state index in [9.17, 15) is 9.59 Å². The number of esters is 1. The predicted molar refractivity (Wildman–Crippen MR) is 47.0 cm³/mol. The van der Waals surface area contributed by atoms with Crippen molar-refractivity contribution in [3.63, 3.8) is 0 Å². The zero-order chi connectivity index (χ0) is 10.6. The van der Waals surface area contributed by atoms with Crippen LogP contribution in [0.25, 0.3) is 0 Å². The van der Waals surface area contributed by atoms with Crippen LogP contribution in [-0.4, -0.2) is 35.6 Å². The Kier molecular flexibility index (Phi) is 3.30. The number of hydrogen-bond donors (Lipinski definition) is 1. The van der Waals surface area contributed by atoms with E-state index in [-0.39, 0.29) is 11.4 Å². The van der Waals surface area contributed by atoms with E-state index in [1.165, 1.54) is 25.3 Å². The Labute approximate surface area is 80.3 Å². The zero-order valence-corrected chi connectivity index (χ0v) is 7.56. The lowest BCUT2D eigenvalue weighted by Crippen LogP contribution is -2.11. The molecule has 5 heteroatoms. The van der Waals surface area contributed by atoms with Gasteiger partial charge in [-0.1, -0.05) is 6.07 Å². The largest absolute Gasteiger partial charge is 0.464 e. The Balaban J connectivity index is 3.01. The lowest BCUT2D eigenvalue weighted by atomic mass is 10.2. The molecule has 74 valence electrons. The number of ether oxygens (including phenoxy) is 1. The molecule has 0 saturated carbocycles. The number of carbonyl (C=O) groups excluding carboxylic acids is 2. The molecule has 0 aliphatic heterocycles. The van der Waals surface area contributed by atoms with Gasteiger partial charge in [-0.2, -0.15) is 0 Å². The molecule has 0 fully saturated rings. The molecule has 0 atom stereocenters. The average molecular weight is 195 g/mol. The number of aliphatic hydroxyl groups excluding tert-OH is 1. The van der Waals surface area contributed by atoms with E-state index < -0.39 is 18.4 Å². The van der Waals surface area contributed by atoms with Gasteiger partial charge in [0.25, 0.3) is 0 Å². The highest BCUT2D eigenvalue weighted by Gasteiger charge is 2.11. The van der Waals surface area contributed by atoms with Crippen molar-refractivity contribution in [3.05, 3.63) is 29.6 Å². The first-order valence-electron chi connectivity index (χ1n) is 3.88. The van der Waals surface area contributed by atoms with Crippen LogP contribution in [0.2, 0.25) is 0 Å². The second-order valence-electron chi connectivity index (χ2n) is 2.48. The summed E-state index contributed by atoms with van der Waals surface area (Å²) in [6.45, 7) is -0.627. The maximum Gasteiger partial charge on any atom is 0.356 e. The van der Waals surface area contributed by atoms with Crippen molar-refractivity contribution >= 4 is 11.8 Å². The fourth-order valence-corrected chi connectivity index (χ4v) is 0.889. The SMILES string of the molecule is COC(=O)c1cccc(C(=O)CO)n1. The highest BCUT2D eigenvalue weighted by Crippen LogP contribution is 2.01. The summed E-state index contributed by atoms with van der Waals surface area (Å²) in [6.07, 6.45) is 0. The third-order valence-electron chi connectivity index (χ3n) is 1.57. The Morgan fingerprint density at radius 2 is 2.07 bits per heavy atom. The Bertz CT molecular complexity index is 330. The van der Waals surface area contributed by atoms with E-state index in [1.807, 2.05) is 0 Å². The topological polar surface area (TPSA) is 76.5 Å². The highest BCUT2D eigenvalue weighted by molar-refractivity contribution is 5.96. The van der Waals surface area contributed by atoms with Gasteiger partial charge in [0, 0.05) is 0 Å². The minimum absolute atomic E-state index is 0.0480. The number of ketones is 1. The third kappa shape index (κ3) is 2.14. The van der Waals surface area contributed by atoms with E-state index in [1.54, 1.807) is 0 Å². The van der Waals surface area contributed by atoms with Gasteiger partial charge in [-0.25, -0.2) is 9.78 Å². The van der Waals surface area contributed by atoms with Gasteiger partial charge in [-0.15, -0.1) is 0 Å². The van der Waals surface area contributed by atoms with Gasteiger partial charge in [0.1, 0.15) is 18.0 Å². The number of methoxy groups -OCH3 is 1. The molecular weight excluding hydrogens is 186 g/mol. The van der Waals surface area contributed by atoms with Crippen molar-refractivity contribution in [2.45, 2.75) is 0 Å². The Hall–Kier alpha value is -1.75. The molecule has 1 aromatic rings. The normalized spacial score (nSPS) is 9.57. The van der Waals surface area contributed by atoms with Crippen LogP contribution in [-0.2, 0) is 4.74 Å². The molecule has 0 unspecified atom stereocenters. The van der Waals surface area contributed by atoms with E-state index in [0.29, 0.717) is 0 Å². The molecule has 0 radical (unpaired) electrons. The molecule has 1 aromatic heterocycles. The van der Waals surface area contributed by atoms with Gasteiger partial charge in [0.05, 0.1) is 7.11 Å². The smallest absolute Gasteiger partial charge is 0.356 e. The monoisotopic (exact) mass is 195 g/mol. The first-order valence-corrected chi connectivity index (χ1v) is 3.88. The molecular formula is C9H9NO4. The summed E-state index contributed by atoms with van der Waals surface area (Å²) in [5.74, 6) is -1.15. The van der Waals surface area contributed by atoms with Crippen molar-refractivity contribution in [2.75, 3.05) is 13.7 Å². The molecule has 0 aliphatic rings. The Morgan fingerprint density at radius 3 is 2.64 bits per heavy atom. The number of aliphatic hydroxyl groups is 1. The van der Waals surface area contributed by atoms with Crippen molar-refractivity contribution in [1.82, 2.24) is 4.98 Å². The van der Waals surface area contributed by atoms with Crippen LogP contribution < -0.4 is 0 Å². The summed E-state index contributed by atoms with van der Waals surface area (Å²) >= 11 is 0. The maximum absolute atomic E-state index is 11.0. The second-order valence-corrected chi connectivity index (χ2v) is 2.48. The van der Waals surface area contributed by atoms with Gasteiger partial charge < -0.3 is 9.84 Å². The quantitative estimate of drug-likeness (QED) is 0.544. The molecule has 0 bridgehead atoms. The standard InChI is InChI=1S/C9H9NO4/c1-14-9(13)7-4-2-3-6(10-7)8(12)5-11/h2-4,11H,5H2,1H3. The van der Waals surface area contributed by atoms with E-state index in [4.69, 9.17) is 5.11 Å². The molecule has 1 heterocycles. The summed E-state index contributed by atoms with van der Waals surface area (Å²) in [6, 6.07) is 4.35. The third-order valence-corrected chi connectivity index (χ3v) is 1.57. The maximum atomic E-state index is 11.0. The van der Waals surface area contributed by atoms with E-state index in [2.05, 4.69) is 9.72 Å². The van der Waals surface area contributed by atoms with Gasteiger partial charge in [0.15, 0.2) is 0 Å². The van der Waals surface area contributed by atoms with Crippen LogP contribution in [0.1, 0.15) is 21.0 Å². The minimum atomic E-state index is -0.627. The summed E-state index contributed by atoms with van der Waals surface area (Å²) < 4.78 is 4.43. The van der Waals surface area contributed by atoms with Crippen LogP contribution in [0.15, 0.2) is 18.2 Å². The van der Waals surface area contributed by atoms with Crippen molar-refractivity contribution < 1.29 is 19.4 Å². The van der Waals surface area contributed by atoms with Crippen LogP contribution >= 0.6 is 0 Å². The first-order chi connectivity index (χ1) is 6.69. The van der Waals surface area contributed by atoms with E-state index in [0.717, 1.165) is 0 Å². The van der Waals surface area contributed by atoms with Gasteiger partial charge >= 0.3 is 5.97 Å². The molecule has 0 amide bonds. The van der Waals surface area contributed by atoms with Crippen molar-refractivity contribution in [3.8, 4) is 0 Å². The average Bonchev–Trinajstić information content (AvgIpc) is 2.27. The molecule has 1 rings (SSSR count). The van der Waals surface area contributed by atoms with Gasteiger partial charge in [-0.05, 0) is 12.1 Å². The fourth-order valence-electron chi connectivity index (χ4n) is 0.889. The fraction of sp³-hybridized carbons (Fsp3) is 0.222. The summed E-state index contributed by atoms with van der Waals surface area (Å²) in [4.78, 5) is 25.8. The van der Waals surface area contributed by atoms with Crippen LogP contribution in [0.4, 0.5) is 0 Å². The predicted octanol–water partition coefficient (Wildman–Crippen LogP) is 0.0432. The lowest BCUT2D eigenvalue weighted by molar-refractivity contribution is 0.0594. The van der Waals surface area contributed by atoms with Gasteiger partial charge in [-0.3, -0.25) is 4.79 Å². The number of carbonyl (C=O) groups is 2. The second kappa shape index (κ2) is 4.48. The van der Waals surface area contributed by atoms with Crippen LogP contribution in [0, 0.1) is 0 Å². The first kappa shape index (κ1) is 10.3. The number of pyridine rings is 1. The molecule has 5 nitrogen and oxygen atoms in total. The van der Waals surface area contributed by atoms with Gasteiger partial charge in [0.2, 0.25) is 5.78 Å². The summed E-state index contributed by atoms with van der Waals surface area (Å²) in [5.41, 5.74) is 0.0993.